The fourth-order valence-electron chi connectivity index (χ4n) is 2.40. The molecule has 1 aromatic carbocycles. The van der Waals surface area contributed by atoms with E-state index in [2.05, 4.69) is 0 Å². The molecule has 1 heterocycles. The van der Waals surface area contributed by atoms with Crippen molar-refractivity contribution in [3.63, 3.8) is 0 Å². The summed E-state index contributed by atoms with van der Waals surface area (Å²) in [5.41, 5.74) is -1.91. The number of carboxylic acids is 1. The summed E-state index contributed by atoms with van der Waals surface area (Å²) in [6.07, 6.45) is -3.40. The fraction of sp³-hybridized carbons (Fsp3) is 0.294. The average molecular weight is 399 g/mol. The molecule has 0 aliphatic rings. The van der Waals surface area contributed by atoms with E-state index in [1.54, 1.807) is 0 Å². The minimum atomic E-state index is -4.51. The Morgan fingerprint density at radius 2 is 1.71 bits per heavy atom. The van der Waals surface area contributed by atoms with E-state index in [0.717, 1.165) is 50.6 Å². The number of carbonyl (C=O) groups is 2. The monoisotopic (exact) mass is 399 g/mol. The standard InChI is InChI=1S/C17H16F3N3O5/c1-21-13(24)6-7-22(16(21)28)9-14(25)23(10-15(26)27)8-11-2-4-12(5-3-11)17(18,19)20/h2-7H,8-10H2,1H3,(H,26,27). The van der Waals surface area contributed by atoms with Crippen LogP contribution in [-0.2, 0) is 35.9 Å². The molecule has 0 unspecified atom stereocenters. The van der Waals surface area contributed by atoms with Crippen LogP contribution in [0, 0.1) is 0 Å². The summed E-state index contributed by atoms with van der Waals surface area (Å²) in [4.78, 5) is 47.8. The van der Waals surface area contributed by atoms with Crippen molar-refractivity contribution in [3.8, 4) is 0 Å². The van der Waals surface area contributed by atoms with Crippen molar-refractivity contribution in [1.82, 2.24) is 14.0 Å². The Morgan fingerprint density at radius 3 is 2.25 bits per heavy atom. The third-order valence-corrected chi connectivity index (χ3v) is 3.90. The lowest BCUT2D eigenvalue weighted by Crippen LogP contribution is -2.42. The summed E-state index contributed by atoms with van der Waals surface area (Å²) in [6.45, 7) is -1.50. The van der Waals surface area contributed by atoms with Gasteiger partial charge in [0.1, 0.15) is 13.1 Å². The number of carboxylic acid groups (broad SMARTS) is 1. The maximum absolute atomic E-state index is 12.6. The van der Waals surface area contributed by atoms with E-state index in [1.165, 1.54) is 7.05 Å². The number of aliphatic carboxylic acids is 1. The van der Waals surface area contributed by atoms with Gasteiger partial charge >= 0.3 is 17.8 Å². The predicted octanol–water partition coefficient (Wildman–Crippen LogP) is 0.679. The highest BCUT2D eigenvalue weighted by atomic mass is 19.4. The lowest BCUT2D eigenvalue weighted by molar-refractivity contribution is -0.145. The van der Waals surface area contributed by atoms with Gasteiger partial charge in [0.25, 0.3) is 5.56 Å². The summed E-state index contributed by atoms with van der Waals surface area (Å²) in [5, 5.41) is 9.01. The van der Waals surface area contributed by atoms with Gasteiger partial charge in [-0.2, -0.15) is 13.2 Å². The number of benzene rings is 1. The van der Waals surface area contributed by atoms with E-state index in [0.29, 0.717) is 0 Å². The molecule has 0 fully saturated rings. The first-order valence-corrected chi connectivity index (χ1v) is 7.91. The lowest BCUT2D eigenvalue weighted by Gasteiger charge is -2.21. The van der Waals surface area contributed by atoms with Crippen LogP contribution in [0.3, 0.4) is 0 Å². The Morgan fingerprint density at radius 1 is 1.11 bits per heavy atom. The van der Waals surface area contributed by atoms with Gasteiger partial charge in [0.05, 0.1) is 5.56 Å². The highest BCUT2D eigenvalue weighted by Gasteiger charge is 2.30. The van der Waals surface area contributed by atoms with Crippen molar-refractivity contribution in [2.45, 2.75) is 19.3 Å². The summed E-state index contributed by atoms with van der Waals surface area (Å²) in [7, 11) is 1.23. The summed E-state index contributed by atoms with van der Waals surface area (Å²) in [6, 6.07) is 5.02. The molecule has 1 amide bonds. The number of hydrogen-bond donors (Lipinski definition) is 1. The van der Waals surface area contributed by atoms with E-state index in [-0.39, 0.29) is 12.1 Å². The topological polar surface area (TPSA) is 102 Å². The first-order valence-electron chi connectivity index (χ1n) is 7.91. The van der Waals surface area contributed by atoms with E-state index >= 15 is 0 Å². The van der Waals surface area contributed by atoms with Crippen LogP contribution < -0.4 is 11.2 Å². The first-order chi connectivity index (χ1) is 13.0. The Labute approximate surface area is 156 Å². The zero-order chi connectivity index (χ0) is 21.1. The van der Waals surface area contributed by atoms with Gasteiger partial charge in [0, 0.05) is 25.9 Å². The molecule has 0 spiro atoms. The molecule has 0 aliphatic carbocycles. The molecule has 11 heteroatoms. The van der Waals surface area contributed by atoms with Crippen molar-refractivity contribution in [2.75, 3.05) is 6.54 Å². The van der Waals surface area contributed by atoms with Crippen molar-refractivity contribution in [2.24, 2.45) is 7.05 Å². The van der Waals surface area contributed by atoms with Crippen LogP contribution in [0.25, 0.3) is 0 Å². The average Bonchev–Trinajstić information content (AvgIpc) is 2.61. The highest BCUT2D eigenvalue weighted by molar-refractivity contribution is 5.81. The van der Waals surface area contributed by atoms with Crippen LogP contribution >= 0.6 is 0 Å². The van der Waals surface area contributed by atoms with Crippen LogP contribution in [0.15, 0.2) is 46.1 Å². The smallest absolute Gasteiger partial charge is 0.416 e. The molecule has 1 aromatic heterocycles. The van der Waals surface area contributed by atoms with Crippen molar-refractivity contribution >= 4 is 11.9 Å². The summed E-state index contributed by atoms with van der Waals surface area (Å²) in [5.74, 6) is -2.07. The second kappa shape index (κ2) is 8.11. The van der Waals surface area contributed by atoms with Crippen molar-refractivity contribution < 1.29 is 27.9 Å². The first kappa shape index (κ1) is 20.9. The van der Waals surface area contributed by atoms with Gasteiger partial charge in [0.15, 0.2) is 0 Å². The third-order valence-electron chi connectivity index (χ3n) is 3.90. The number of amides is 1. The molecule has 0 saturated heterocycles. The molecular formula is C17H16F3N3O5. The number of carbonyl (C=O) groups excluding carboxylic acids is 1. The number of rotatable bonds is 6. The van der Waals surface area contributed by atoms with Crippen LogP contribution in [0.5, 0.6) is 0 Å². The molecule has 1 N–H and O–H groups in total. The number of aromatic nitrogens is 2. The largest absolute Gasteiger partial charge is 0.480 e. The normalized spacial score (nSPS) is 11.3. The molecule has 28 heavy (non-hydrogen) atoms. The number of hydrogen-bond acceptors (Lipinski definition) is 4. The summed E-state index contributed by atoms with van der Waals surface area (Å²) < 4.78 is 39.6. The Bertz CT molecular complexity index is 993. The van der Waals surface area contributed by atoms with Crippen LogP contribution in [0.4, 0.5) is 13.2 Å². The van der Waals surface area contributed by atoms with Crippen LogP contribution in [-0.4, -0.2) is 37.6 Å². The predicted molar refractivity (Wildman–Crippen MR) is 90.4 cm³/mol. The second-order valence-electron chi connectivity index (χ2n) is 5.96. The minimum Gasteiger partial charge on any atom is -0.480 e. The SMILES string of the molecule is Cn1c(=O)ccn(CC(=O)N(CC(=O)O)Cc2ccc(C(F)(F)F)cc2)c1=O. The van der Waals surface area contributed by atoms with E-state index in [9.17, 15) is 32.3 Å². The van der Waals surface area contributed by atoms with Crippen LogP contribution in [0.1, 0.15) is 11.1 Å². The molecule has 0 radical (unpaired) electrons. The van der Waals surface area contributed by atoms with Crippen molar-refractivity contribution in [3.05, 3.63) is 68.5 Å². The Hall–Kier alpha value is -3.37. The number of nitrogens with zero attached hydrogens (tertiary/aromatic N) is 3. The quantitative estimate of drug-likeness (QED) is 0.770. The second-order valence-corrected chi connectivity index (χ2v) is 5.96. The molecule has 2 aromatic rings. The molecule has 0 atom stereocenters. The van der Waals surface area contributed by atoms with Gasteiger partial charge in [-0.05, 0) is 17.7 Å². The lowest BCUT2D eigenvalue weighted by atomic mass is 10.1. The van der Waals surface area contributed by atoms with E-state index < -0.39 is 48.0 Å². The molecule has 0 aliphatic heterocycles. The van der Waals surface area contributed by atoms with Gasteiger partial charge in [-0.1, -0.05) is 12.1 Å². The van der Waals surface area contributed by atoms with E-state index in [4.69, 9.17) is 5.11 Å². The van der Waals surface area contributed by atoms with Gasteiger partial charge in [-0.25, -0.2) is 4.79 Å². The highest BCUT2D eigenvalue weighted by Crippen LogP contribution is 2.29. The number of halogens is 3. The zero-order valence-corrected chi connectivity index (χ0v) is 14.6. The van der Waals surface area contributed by atoms with E-state index in [1.807, 2.05) is 0 Å². The van der Waals surface area contributed by atoms with Gasteiger partial charge in [0.2, 0.25) is 5.91 Å². The molecule has 0 saturated carbocycles. The van der Waals surface area contributed by atoms with Gasteiger partial charge < -0.3 is 10.0 Å². The minimum absolute atomic E-state index is 0.260. The molecule has 150 valence electrons. The Kier molecular flexibility index (Phi) is 6.06. The molecule has 2 rings (SSSR count). The van der Waals surface area contributed by atoms with Crippen LogP contribution in [0.2, 0.25) is 0 Å². The molecular weight excluding hydrogens is 383 g/mol. The zero-order valence-electron chi connectivity index (χ0n) is 14.6. The molecule has 8 nitrogen and oxygen atoms in total. The summed E-state index contributed by atoms with van der Waals surface area (Å²) >= 11 is 0. The molecule has 0 bridgehead atoms. The Balaban J connectivity index is 2.22. The van der Waals surface area contributed by atoms with Gasteiger partial charge in [-0.15, -0.1) is 0 Å². The van der Waals surface area contributed by atoms with Crippen molar-refractivity contribution in [1.29, 1.82) is 0 Å². The fourth-order valence-corrected chi connectivity index (χ4v) is 2.40. The third kappa shape index (κ3) is 5.09. The maximum atomic E-state index is 12.6. The van der Waals surface area contributed by atoms with Gasteiger partial charge in [-0.3, -0.25) is 23.5 Å². The number of alkyl halides is 3. The maximum Gasteiger partial charge on any atom is 0.416 e.